The van der Waals surface area contributed by atoms with Crippen molar-refractivity contribution in [2.75, 3.05) is 27.2 Å². The first-order valence-corrected chi connectivity index (χ1v) is 10.5. The molecule has 8 nitrogen and oxygen atoms in total. The van der Waals surface area contributed by atoms with Gasteiger partial charge in [-0.2, -0.15) is 17.0 Å². The summed E-state index contributed by atoms with van der Waals surface area (Å²) in [4.78, 5) is 20.0. The molecule has 150 valence electrons. The number of carbonyl (C=O) groups is 1. The molecular formula is C19H24N4O4S. The summed E-state index contributed by atoms with van der Waals surface area (Å²) < 4.78 is 27.3. The Morgan fingerprint density at radius 2 is 1.75 bits per heavy atom. The molecule has 0 atom stereocenters. The second-order valence-corrected chi connectivity index (χ2v) is 9.21. The first kappa shape index (κ1) is 20.4. The van der Waals surface area contributed by atoms with Gasteiger partial charge in [0.2, 0.25) is 0 Å². The van der Waals surface area contributed by atoms with Gasteiger partial charge in [0, 0.05) is 45.1 Å². The van der Waals surface area contributed by atoms with Crippen LogP contribution < -0.4 is 0 Å². The lowest BCUT2D eigenvalue weighted by Gasteiger charge is -2.32. The van der Waals surface area contributed by atoms with Crippen molar-refractivity contribution < 1.29 is 18.3 Å². The maximum Gasteiger partial charge on any atom is 0.335 e. The van der Waals surface area contributed by atoms with Crippen LogP contribution >= 0.6 is 0 Å². The average Bonchev–Trinajstić information content (AvgIpc) is 2.69. The van der Waals surface area contributed by atoms with Crippen LogP contribution in [-0.4, -0.2) is 65.3 Å². The molecule has 0 radical (unpaired) electrons. The largest absolute Gasteiger partial charge is 0.478 e. The van der Waals surface area contributed by atoms with Crippen molar-refractivity contribution in [3.8, 4) is 11.3 Å². The zero-order valence-corrected chi connectivity index (χ0v) is 16.8. The molecule has 0 amide bonds. The number of hydrogen-bond donors (Lipinski definition) is 1. The maximum atomic E-state index is 12.3. The van der Waals surface area contributed by atoms with Crippen molar-refractivity contribution in [1.29, 1.82) is 0 Å². The molecule has 0 bridgehead atoms. The lowest BCUT2D eigenvalue weighted by molar-refractivity contribution is 0.0697. The maximum absolute atomic E-state index is 12.3. The van der Waals surface area contributed by atoms with Crippen molar-refractivity contribution >= 4 is 16.2 Å². The summed E-state index contributed by atoms with van der Waals surface area (Å²) >= 11 is 0. The third-order valence-corrected chi connectivity index (χ3v) is 6.96. The second kappa shape index (κ2) is 8.34. The fourth-order valence-corrected chi connectivity index (χ4v) is 4.51. The molecule has 1 aromatic carbocycles. The van der Waals surface area contributed by atoms with Gasteiger partial charge >= 0.3 is 5.97 Å². The Morgan fingerprint density at radius 3 is 2.32 bits per heavy atom. The molecule has 0 unspecified atom stereocenters. The fourth-order valence-electron chi connectivity index (χ4n) is 3.38. The van der Waals surface area contributed by atoms with E-state index in [0.29, 0.717) is 25.4 Å². The summed E-state index contributed by atoms with van der Waals surface area (Å²) in [5, 5.41) is 9.05. The van der Waals surface area contributed by atoms with E-state index >= 15 is 0 Å². The number of benzene rings is 1. The minimum Gasteiger partial charge on any atom is -0.478 e. The molecule has 1 N–H and O–H groups in total. The van der Waals surface area contributed by atoms with Crippen molar-refractivity contribution in [1.82, 2.24) is 18.6 Å². The molecule has 1 fully saturated rings. The van der Waals surface area contributed by atoms with Crippen LogP contribution in [0, 0.1) is 5.92 Å². The third-order valence-electron chi connectivity index (χ3n) is 5.02. The van der Waals surface area contributed by atoms with Gasteiger partial charge in [0.05, 0.1) is 17.0 Å². The summed E-state index contributed by atoms with van der Waals surface area (Å²) in [6.07, 6.45) is 5.51. The van der Waals surface area contributed by atoms with Crippen LogP contribution in [-0.2, 0) is 16.6 Å². The van der Waals surface area contributed by atoms with Crippen LogP contribution in [0.5, 0.6) is 0 Å². The topological polar surface area (TPSA) is 104 Å². The summed E-state index contributed by atoms with van der Waals surface area (Å²) in [5.74, 6) is -0.646. The molecule has 0 aliphatic carbocycles. The van der Waals surface area contributed by atoms with Gasteiger partial charge in [-0.25, -0.2) is 4.79 Å². The molecule has 0 saturated carbocycles. The predicted octanol–water partition coefficient (Wildman–Crippen LogP) is 1.90. The highest BCUT2D eigenvalue weighted by Crippen LogP contribution is 2.27. The first-order chi connectivity index (χ1) is 13.3. The monoisotopic (exact) mass is 404 g/mol. The minimum absolute atomic E-state index is 0.226. The summed E-state index contributed by atoms with van der Waals surface area (Å²) in [7, 11) is -0.279. The van der Waals surface area contributed by atoms with Gasteiger partial charge in [-0.3, -0.25) is 9.97 Å². The third kappa shape index (κ3) is 4.37. The number of hydrogen-bond acceptors (Lipinski definition) is 5. The Balaban J connectivity index is 1.72. The minimum atomic E-state index is -3.37. The second-order valence-electron chi connectivity index (χ2n) is 7.07. The molecular weight excluding hydrogens is 380 g/mol. The molecule has 28 heavy (non-hydrogen) atoms. The Hall–Kier alpha value is -2.36. The number of carboxylic acids is 1. The van der Waals surface area contributed by atoms with Crippen LogP contribution in [0.1, 0.15) is 28.9 Å². The molecule has 3 rings (SSSR count). The van der Waals surface area contributed by atoms with E-state index in [1.54, 1.807) is 50.8 Å². The Kier molecular flexibility index (Phi) is 6.07. The van der Waals surface area contributed by atoms with Gasteiger partial charge in [-0.1, -0.05) is 12.1 Å². The number of carboxylic acid groups (broad SMARTS) is 1. The van der Waals surface area contributed by atoms with Crippen molar-refractivity contribution in [2.24, 2.45) is 5.92 Å². The molecule has 1 aromatic heterocycles. The van der Waals surface area contributed by atoms with Gasteiger partial charge in [0.15, 0.2) is 0 Å². The Bertz CT molecular complexity index is 937. The van der Waals surface area contributed by atoms with Crippen LogP contribution in [0.3, 0.4) is 0 Å². The van der Waals surface area contributed by atoms with Crippen molar-refractivity contribution in [3.05, 3.63) is 47.9 Å². The van der Waals surface area contributed by atoms with Gasteiger partial charge in [0.1, 0.15) is 0 Å². The predicted molar refractivity (Wildman–Crippen MR) is 105 cm³/mol. The average molecular weight is 404 g/mol. The normalized spacial score (nSPS) is 16.4. The summed E-state index contributed by atoms with van der Waals surface area (Å²) in [6.45, 7) is 0.988. The van der Waals surface area contributed by atoms with Gasteiger partial charge in [-0.15, -0.1) is 0 Å². The highest BCUT2D eigenvalue weighted by molar-refractivity contribution is 7.86. The van der Waals surface area contributed by atoms with E-state index in [4.69, 9.17) is 5.11 Å². The fraction of sp³-hybridized carbons (Fsp3) is 0.421. The number of nitrogens with zero attached hydrogens (tertiary/aromatic N) is 4. The smallest absolute Gasteiger partial charge is 0.335 e. The van der Waals surface area contributed by atoms with E-state index in [2.05, 4.69) is 9.97 Å². The van der Waals surface area contributed by atoms with Crippen molar-refractivity contribution in [2.45, 2.75) is 19.3 Å². The van der Waals surface area contributed by atoms with E-state index in [9.17, 15) is 13.2 Å². The van der Waals surface area contributed by atoms with E-state index < -0.39 is 16.2 Å². The quantitative estimate of drug-likeness (QED) is 0.789. The van der Waals surface area contributed by atoms with E-state index in [1.807, 2.05) is 0 Å². The standard InChI is InChI=1S/C19H24N4O4S/c1-22(2)28(26,27)23-11-7-14(8-12-23)13-17-18(21-10-9-20-17)15-3-5-16(6-4-15)19(24)25/h3-6,9-10,14H,7-8,11-13H2,1-2H3,(H,24,25). The molecule has 1 saturated heterocycles. The van der Waals surface area contributed by atoms with Crippen LogP contribution in [0.15, 0.2) is 36.7 Å². The highest BCUT2D eigenvalue weighted by Gasteiger charge is 2.30. The van der Waals surface area contributed by atoms with E-state index in [1.165, 1.54) is 8.61 Å². The Morgan fingerprint density at radius 1 is 1.14 bits per heavy atom. The summed E-state index contributed by atoms with van der Waals surface area (Å²) in [6, 6.07) is 6.59. The number of piperidine rings is 1. The molecule has 2 aromatic rings. The molecule has 1 aliphatic rings. The van der Waals surface area contributed by atoms with Gasteiger partial charge in [0.25, 0.3) is 10.2 Å². The highest BCUT2D eigenvalue weighted by atomic mass is 32.2. The van der Waals surface area contributed by atoms with Crippen LogP contribution in [0.2, 0.25) is 0 Å². The van der Waals surface area contributed by atoms with E-state index in [-0.39, 0.29) is 5.56 Å². The van der Waals surface area contributed by atoms with Gasteiger partial charge < -0.3 is 5.11 Å². The first-order valence-electron chi connectivity index (χ1n) is 9.10. The Labute approximate surface area is 165 Å². The summed E-state index contributed by atoms with van der Waals surface area (Å²) in [5.41, 5.74) is 2.63. The van der Waals surface area contributed by atoms with Crippen LogP contribution in [0.25, 0.3) is 11.3 Å². The number of aromatic nitrogens is 2. The molecule has 1 aliphatic heterocycles. The SMILES string of the molecule is CN(C)S(=O)(=O)N1CCC(Cc2nccnc2-c2ccc(C(=O)O)cc2)CC1. The lowest BCUT2D eigenvalue weighted by atomic mass is 9.91. The molecule has 9 heteroatoms. The molecule has 2 heterocycles. The number of aromatic carboxylic acids is 1. The number of rotatable bonds is 6. The van der Waals surface area contributed by atoms with Crippen molar-refractivity contribution in [3.63, 3.8) is 0 Å². The zero-order valence-electron chi connectivity index (χ0n) is 15.9. The van der Waals surface area contributed by atoms with Crippen LogP contribution in [0.4, 0.5) is 0 Å². The lowest BCUT2D eigenvalue weighted by Crippen LogP contribution is -2.44. The zero-order chi connectivity index (χ0) is 20.3. The van der Waals surface area contributed by atoms with Gasteiger partial charge in [-0.05, 0) is 37.3 Å². The molecule has 0 spiro atoms. The van der Waals surface area contributed by atoms with E-state index in [0.717, 1.165) is 29.8 Å².